The van der Waals surface area contributed by atoms with Crippen LogP contribution in [0.4, 0.5) is 5.82 Å². The van der Waals surface area contributed by atoms with E-state index >= 15 is 0 Å². The van der Waals surface area contributed by atoms with Gasteiger partial charge in [-0.15, -0.1) is 11.8 Å². The fourth-order valence-electron chi connectivity index (χ4n) is 2.44. The molecule has 2 N–H and O–H groups in total. The van der Waals surface area contributed by atoms with Crippen molar-refractivity contribution in [3.05, 3.63) is 47.7 Å². The second-order valence-corrected chi connectivity index (χ2v) is 7.50. The van der Waals surface area contributed by atoms with Gasteiger partial charge in [0.25, 0.3) is 5.91 Å². The number of aryl methyl sites for hydroxylation is 2. The van der Waals surface area contributed by atoms with Crippen LogP contribution >= 0.6 is 11.8 Å². The van der Waals surface area contributed by atoms with Crippen LogP contribution in [-0.2, 0) is 25.5 Å². The van der Waals surface area contributed by atoms with Gasteiger partial charge in [-0.1, -0.05) is 35.5 Å². The van der Waals surface area contributed by atoms with Crippen LogP contribution in [0.25, 0.3) is 0 Å². The van der Waals surface area contributed by atoms with Gasteiger partial charge in [-0.25, -0.2) is 0 Å². The van der Waals surface area contributed by atoms with Gasteiger partial charge in [0.15, 0.2) is 12.4 Å². The molecule has 2 rings (SSSR count). The number of amides is 2. The Morgan fingerprint density at radius 2 is 1.93 bits per heavy atom. The van der Waals surface area contributed by atoms with Crippen LogP contribution in [0.15, 0.2) is 40.9 Å². The molecule has 0 aliphatic rings. The predicted molar refractivity (Wildman–Crippen MR) is 111 cm³/mol. The number of aromatic nitrogens is 1. The van der Waals surface area contributed by atoms with Crippen molar-refractivity contribution in [2.75, 3.05) is 23.4 Å². The van der Waals surface area contributed by atoms with E-state index in [0.29, 0.717) is 11.6 Å². The van der Waals surface area contributed by atoms with E-state index in [9.17, 15) is 14.4 Å². The smallest absolute Gasteiger partial charge is 0.316 e. The number of nitrogens with one attached hydrogen (secondary N) is 2. The molecule has 8 nitrogen and oxygen atoms in total. The maximum atomic E-state index is 11.9. The number of nitrogens with zero attached hydrogens (tertiary/aromatic N) is 1. The summed E-state index contributed by atoms with van der Waals surface area (Å²) in [6.07, 6.45) is 1.65. The molecule has 0 saturated carbocycles. The number of ether oxygens (including phenoxy) is 1. The first-order chi connectivity index (χ1) is 13.9. The van der Waals surface area contributed by atoms with E-state index in [2.05, 4.69) is 15.8 Å². The maximum absolute atomic E-state index is 11.9. The Kier molecular flexibility index (Phi) is 9.23. The van der Waals surface area contributed by atoms with Gasteiger partial charge in [-0.05, 0) is 32.3 Å². The number of rotatable bonds is 11. The Morgan fingerprint density at radius 1 is 1.17 bits per heavy atom. The first-order valence-electron chi connectivity index (χ1n) is 9.22. The first kappa shape index (κ1) is 22.5. The lowest BCUT2D eigenvalue weighted by Crippen LogP contribution is -2.36. The van der Waals surface area contributed by atoms with Crippen LogP contribution in [0.5, 0.6) is 0 Å². The van der Waals surface area contributed by atoms with Crippen molar-refractivity contribution in [1.82, 2.24) is 10.5 Å². The van der Waals surface area contributed by atoms with Crippen molar-refractivity contribution in [3.63, 3.8) is 0 Å². The van der Waals surface area contributed by atoms with Gasteiger partial charge in [0, 0.05) is 12.1 Å². The molecule has 0 radical (unpaired) electrons. The summed E-state index contributed by atoms with van der Waals surface area (Å²) in [4.78, 5) is 35.3. The quantitative estimate of drug-likeness (QED) is 0.538. The molecule has 1 aromatic carbocycles. The lowest BCUT2D eigenvalue weighted by atomic mass is 10.1. The summed E-state index contributed by atoms with van der Waals surface area (Å²) in [5.74, 6) is -0.250. The van der Waals surface area contributed by atoms with E-state index in [-0.39, 0.29) is 36.0 Å². The molecule has 1 aromatic heterocycles. The molecule has 0 bridgehead atoms. The lowest BCUT2D eigenvalue weighted by molar-refractivity contribution is -0.146. The largest absolute Gasteiger partial charge is 0.455 e. The summed E-state index contributed by atoms with van der Waals surface area (Å²) >= 11 is 1.09. The van der Waals surface area contributed by atoms with Gasteiger partial charge in [-0.3, -0.25) is 14.4 Å². The van der Waals surface area contributed by atoms with Gasteiger partial charge in [0.1, 0.15) is 5.76 Å². The minimum Gasteiger partial charge on any atom is -0.455 e. The average molecular weight is 420 g/mol. The normalized spacial score (nSPS) is 11.5. The van der Waals surface area contributed by atoms with Crippen LogP contribution in [0.1, 0.15) is 24.7 Å². The zero-order valence-electron chi connectivity index (χ0n) is 16.5. The van der Waals surface area contributed by atoms with E-state index in [1.165, 1.54) is 5.56 Å². The van der Waals surface area contributed by atoms with Crippen molar-refractivity contribution in [2.45, 2.75) is 32.7 Å². The Morgan fingerprint density at radius 3 is 2.62 bits per heavy atom. The minimum atomic E-state index is -0.549. The second-order valence-electron chi connectivity index (χ2n) is 6.52. The van der Waals surface area contributed by atoms with Crippen LogP contribution in [0.3, 0.4) is 0 Å². The Hall–Kier alpha value is -2.81. The number of carbonyl (C=O) groups excluding carboxylic acids is 3. The van der Waals surface area contributed by atoms with Crippen molar-refractivity contribution in [2.24, 2.45) is 0 Å². The van der Waals surface area contributed by atoms with E-state index < -0.39 is 5.97 Å². The summed E-state index contributed by atoms with van der Waals surface area (Å²) in [6, 6.07) is 11.6. The number of carbonyl (C=O) groups is 3. The molecule has 2 amide bonds. The first-order valence-corrected chi connectivity index (χ1v) is 10.4. The molecule has 0 unspecified atom stereocenters. The van der Waals surface area contributed by atoms with Crippen LogP contribution in [0, 0.1) is 6.92 Å². The van der Waals surface area contributed by atoms with Gasteiger partial charge >= 0.3 is 5.97 Å². The standard InChI is InChI=1S/C20H25N3O5S/c1-14(8-9-16-6-4-3-5-7-16)21-18(24)11-27-20(26)13-29-12-19(25)22-17-10-15(2)28-23-17/h3-7,10,14H,8-9,11-13H2,1-2H3,(H,21,24)(H,22,23,25)/t14-/m1/s1. The SMILES string of the molecule is Cc1cc(NC(=O)CSCC(=O)OCC(=O)N[C@H](C)CCc2ccccc2)no1. The van der Waals surface area contributed by atoms with Gasteiger partial charge in [0.05, 0.1) is 11.5 Å². The van der Waals surface area contributed by atoms with E-state index in [4.69, 9.17) is 9.26 Å². The second kappa shape index (κ2) is 11.9. The van der Waals surface area contributed by atoms with Crippen molar-refractivity contribution >= 4 is 35.4 Å². The van der Waals surface area contributed by atoms with E-state index in [1.807, 2.05) is 37.3 Å². The molecule has 0 aliphatic heterocycles. The Balaban J connectivity index is 1.54. The molecule has 0 spiro atoms. The summed E-state index contributed by atoms with van der Waals surface area (Å²) in [5, 5.41) is 9.01. The van der Waals surface area contributed by atoms with Crippen LogP contribution in [-0.4, -0.2) is 47.1 Å². The maximum Gasteiger partial charge on any atom is 0.316 e. The number of anilines is 1. The molecule has 0 aliphatic carbocycles. The molecule has 29 heavy (non-hydrogen) atoms. The van der Waals surface area contributed by atoms with Crippen molar-refractivity contribution in [1.29, 1.82) is 0 Å². The Bertz CT molecular complexity index is 809. The topological polar surface area (TPSA) is 111 Å². The Labute approximate surface area is 173 Å². The monoisotopic (exact) mass is 419 g/mol. The summed E-state index contributed by atoms with van der Waals surface area (Å²) in [5.41, 5.74) is 1.21. The molecule has 1 atom stereocenters. The number of hydrogen-bond donors (Lipinski definition) is 2. The van der Waals surface area contributed by atoms with Crippen molar-refractivity contribution < 1.29 is 23.6 Å². The molecular weight excluding hydrogens is 394 g/mol. The molecule has 2 aromatic rings. The van der Waals surface area contributed by atoms with Crippen molar-refractivity contribution in [3.8, 4) is 0 Å². The predicted octanol–water partition coefficient (Wildman–Crippen LogP) is 2.34. The molecule has 0 saturated heterocycles. The summed E-state index contributed by atoms with van der Waals surface area (Å²) < 4.78 is 9.78. The molecular formula is C20H25N3O5S. The molecule has 156 valence electrons. The van der Waals surface area contributed by atoms with Crippen LogP contribution in [0.2, 0.25) is 0 Å². The minimum absolute atomic E-state index is 0.0257. The number of hydrogen-bond acceptors (Lipinski definition) is 7. The summed E-state index contributed by atoms with van der Waals surface area (Å²) in [7, 11) is 0. The summed E-state index contributed by atoms with van der Waals surface area (Å²) in [6.45, 7) is 3.29. The third kappa shape index (κ3) is 9.29. The number of benzene rings is 1. The van der Waals surface area contributed by atoms with Gasteiger partial charge in [0.2, 0.25) is 5.91 Å². The highest BCUT2D eigenvalue weighted by Gasteiger charge is 2.12. The molecule has 9 heteroatoms. The van der Waals surface area contributed by atoms with E-state index in [0.717, 1.165) is 24.6 Å². The lowest BCUT2D eigenvalue weighted by Gasteiger charge is -2.14. The fourth-order valence-corrected chi connectivity index (χ4v) is 3.05. The highest BCUT2D eigenvalue weighted by atomic mass is 32.2. The molecule has 1 heterocycles. The number of thioether (sulfide) groups is 1. The highest BCUT2D eigenvalue weighted by Crippen LogP contribution is 2.09. The highest BCUT2D eigenvalue weighted by molar-refractivity contribution is 8.00. The average Bonchev–Trinajstić information content (AvgIpc) is 3.10. The zero-order valence-corrected chi connectivity index (χ0v) is 17.3. The fraction of sp³-hybridized carbons (Fsp3) is 0.400. The third-order valence-corrected chi connectivity index (χ3v) is 4.74. The number of esters is 1. The van der Waals surface area contributed by atoms with Gasteiger partial charge in [-0.2, -0.15) is 0 Å². The van der Waals surface area contributed by atoms with Crippen LogP contribution < -0.4 is 10.6 Å². The van der Waals surface area contributed by atoms with Gasteiger partial charge < -0.3 is 19.9 Å². The zero-order chi connectivity index (χ0) is 21.1. The van der Waals surface area contributed by atoms with E-state index in [1.54, 1.807) is 13.0 Å². The molecule has 0 fully saturated rings. The third-order valence-electron chi connectivity index (χ3n) is 3.83.